The number of hydrogen-bond acceptors (Lipinski definition) is 2. The van der Waals surface area contributed by atoms with Crippen molar-refractivity contribution < 1.29 is 9.47 Å². The molecule has 0 N–H and O–H groups in total. The molecule has 1 aromatic rings. The molecule has 1 aliphatic rings. The molecule has 0 saturated carbocycles. The standard InChI is InChI=1S/C12H16O2/c1-12(2)8-14-7-9-4-5-10(13-3)6-11(9)12/h4-6H,7-8H2,1-3H3. The van der Waals surface area contributed by atoms with E-state index in [1.807, 2.05) is 6.07 Å². The summed E-state index contributed by atoms with van der Waals surface area (Å²) in [6.07, 6.45) is 0. The minimum atomic E-state index is 0.0993. The highest BCUT2D eigenvalue weighted by molar-refractivity contribution is 5.40. The van der Waals surface area contributed by atoms with E-state index in [4.69, 9.17) is 9.47 Å². The van der Waals surface area contributed by atoms with Gasteiger partial charge in [0.15, 0.2) is 0 Å². The zero-order valence-corrected chi connectivity index (χ0v) is 8.96. The van der Waals surface area contributed by atoms with Gasteiger partial charge < -0.3 is 9.47 Å². The van der Waals surface area contributed by atoms with E-state index < -0.39 is 0 Å². The van der Waals surface area contributed by atoms with E-state index in [0.717, 1.165) is 19.0 Å². The topological polar surface area (TPSA) is 18.5 Å². The number of benzene rings is 1. The maximum absolute atomic E-state index is 5.54. The average Bonchev–Trinajstić information content (AvgIpc) is 2.17. The second-order valence-electron chi connectivity index (χ2n) is 4.40. The highest BCUT2D eigenvalue weighted by Gasteiger charge is 2.28. The van der Waals surface area contributed by atoms with E-state index in [0.29, 0.717) is 0 Å². The van der Waals surface area contributed by atoms with Crippen molar-refractivity contribution in [2.24, 2.45) is 0 Å². The SMILES string of the molecule is COc1ccc2c(c1)C(C)(C)COC2. The third-order valence-electron chi connectivity index (χ3n) is 2.77. The molecule has 2 nitrogen and oxygen atoms in total. The first kappa shape index (κ1) is 9.53. The van der Waals surface area contributed by atoms with Crippen molar-refractivity contribution in [3.63, 3.8) is 0 Å². The summed E-state index contributed by atoms with van der Waals surface area (Å²) < 4.78 is 10.8. The smallest absolute Gasteiger partial charge is 0.119 e. The fourth-order valence-electron chi connectivity index (χ4n) is 1.93. The second kappa shape index (κ2) is 3.28. The number of methoxy groups -OCH3 is 1. The lowest BCUT2D eigenvalue weighted by molar-refractivity contribution is 0.0640. The average molecular weight is 192 g/mol. The third kappa shape index (κ3) is 1.50. The Morgan fingerprint density at radius 2 is 2.14 bits per heavy atom. The number of ether oxygens (including phenoxy) is 2. The lowest BCUT2D eigenvalue weighted by Crippen LogP contribution is -2.30. The first-order valence-corrected chi connectivity index (χ1v) is 4.88. The van der Waals surface area contributed by atoms with E-state index in [1.54, 1.807) is 7.11 Å². The zero-order valence-electron chi connectivity index (χ0n) is 8.96. The van der Waals surface area contributed by atoms with Gasteiger partial charge in [-0.3, -0.25) is 0 Å². The Morgan fingerprint density at radius 1 is 1.36 bits per heavy atom. The molecule has 0 unspecified atom stereocenters. The summed E-state index contributed by atoms with van der Waals surface area (Å²) in [7, 11) is 1.70. The van der Waals surface area contributed by atoms with Crippen LogP contribution in [0, 0.1) is 0 Å². The summed E-state index contributed by atoms with van der Waals surface area (Å²) in [6.45, 7) is 5.91. The van der Waals surface area contributed by atoms with Crippen molar-refractivity contribution in [2.75, 3.05) is 13.7 Å². The van der Waals surface area contributed by atoms with Gasteiger partial charge in [0.25, 0.3) is 0 Å². The van der Waals surface area contributed by atoms with Crippen LogP contribution in [0.4, 0.5) is 0 Å². The molecule has 0 bridgehead atoms. The predicted molar refractivity (Wildman–Crippen MR) is 55.7 cm³/mol. The molecule has 14 heavy (non-hydrogen) atoms. The Morgan fingerprint density at radius 3 is 2.86 bits per heavy atom. The van der Waals surface area contributed by atoms with E-state index in [2.05, 4.69) is 26.0 Å². The lowest BCUT2D eigenvalue weighted by atomic mass is 9.81. The first-order chi connectivity index (χ1) is 6.63. The maximum atomic E-state index is 5.54. The molecule has 1 heterocycles. The van der Waals surface area contributed by atoms with Crippen molar-refractivity contribution in [3.05, 3.63) is 29.3 Å². The molecule has 76 valence electrons. The van der Waals surface area contributed by atoms with E-state index in [9.17, 15) is 0 Å². The largest absolute Gasteiger partial charge is 0.497 e. The van der Waals surface area contributed by atoms with Crippen molar-refractivity contribution in [3.8, 4) is 5.75 Å². The van der Waals surface area contributed by atoms with Gasteiger partial charge in [0.2, 0.25) is 0 Å². The molecule has 0 fully saturated rings. The van der Waals surface area contributed by atoms with Gasteiger partial charge in [-0.1, -0.05) is 19.9 Å². The molecule has 0 aromatic heterocycles. The van der Waals surface area contributed by atoms with Crippen LogP contribution in [0.3, 0.4) is 0 Å². The highest BCUT2D eigenvalue weighted by Crippen LogP contribution is 2.34. The van der Waals surface area contributed by atoms with Gasteiger partial charge in [-0.2, -0.15) is 0 Å². The van der Waals surface area contributed by atoms with Crippen LogP contribution in [0.25, 0.3) is 0 Å². The lowest BCUT2D eigenvalue weighted by Gasteiger charge is -2.32. The van der Waals surface area contributed by atoms with Crippen LogP contribution in [0.5, 0.6) is 5.75 Å². The van der Waals surface area contributed by atoms with Crippen LogP contribution >= 0.6 is 0 Å². The normalized spacial score (nSPS) is 18.8. The molecular weight excluding hydrogens is 176 g/mol. The Balaban J connectivity index is 2.49. The molecule has 0 aliphatic carbocycles. The Bertz CT molecular complexity index is 342. The summed E-state index contributed by atoms with van der Waals surface area (Å²) in [5.41, 5.74) is 2.73. The molecule has 1 aliphatic heterocycles. The number of rotatable bonds is 1. The molecule has 0 spiro atoms. The Kier molecular flexibility index (Phi) is 2.23. The van der Waals surface area contributed by atoms with Crippen LogP contribution in [0.1, 0.15) is 25.0 Å². The van der Waals surface area contributed by atoms with Crippen molar-refractivity contribution in [2.45, 2.75) is 25.9 Å². The van der Waals surface area contributed by atoms with Gasteiger partial charge in [0, 0.05) is 5.41 Å². The summed E-state index contributed by atoms with van der Waals surface area (Å²) in [6, 6.07) is 6.20. The maximum Gasteiger partial charge on any atom is 0.119 e. The summed E-state index contributed by atoms with van der Waals surface area (Å²) >= 11 is 0. The minimum Gasteiger partial charge on any atom is -0.497 e. The fourth-order valence-corrected chi connectivity index (χ4v) is 1.93. The molecule has 0 atom stereocenters. The molecule has 2 rings (SSSR count). The summed E-state index contributed by atoms with van der Waals surface area (Å²) in [5.74, 6) is 0.929. The third-order valence-corrected chi connectivity index (χ3v) is 2.77. The molecule has 0 amide bonds. The van der Waals surface area contributed by atoms with Gasteiger partial charge in [-0.15, -0.1) is 0 Å². The van der Waals surface area contributed by atoms with E-state index in [1.165, 1.54) is 11.1 Å². The summed E-state index contributed by atoms with van der Waals surface area (Å²) in [5, 5.41) is 0. The van der Waals surface area contributed by atoms with Crippen LogP contribution in [0.2, 0.25) is 0 Å². The van der Waals surface area contributed by atoms with Gasteiger partial charge >= 0.3 is 0 Å². The van der Waals surface area contributed by atoms with Crippen molar-refractivity contribution in [1.29, 1.82) is 0 Å². The van der Waals surface area contributed by atoms with Crippen LogP contribution in [-0.4, -0.2) is 13.7 Å². The van der Waals surface area contributed by atoms with Gasteiger partial charge in [-0.25, -0.2) is 0 Å². The predicted octanol–water partition coefficient (Wildman–Crippen LogP) is 2.50. The Labute approximate surface area is 84.8 Å². The molecule has 1 aromatic carbocycles. The summed E-state index contributed by atoms with van der Waals surface area (Å²) in [4.78, 5) is 0. The molecule has 2 heteroatoms. The molecule has 0 saturated heterocycles. The zero-order chi connectivity index (χ0) is 10.2. The molecule has 0 radical (unpaired) electrons. The quantitative estimate of drug-likeness (QED) is 0.680. The van der Waals surface area contributed by atoms with Crippen LogP contribution in [0.15, 0.2) is 18.2 Å². The highest BCUT2D eigenvalue weighted by atomic mass is 16.5. The van der Waals surface area contributed by atoms with Gasteiger partial charge in [-0.05, 0) is 23.3 Å². The second-order valence-corrected chi connectivity index (χ2v) is 4.40. The van der Waals surface area contributed by atoms with E-state index in [-0.39, 0.29) is 5.41 Å². The number of hydrogen-bond donors (Lipinski definition) is 0. The monoisotopic (exact) mass is 192 g/mol. The van der Waals surface area contributed by atoms with Gasteiger partial charge in [0.05, 0.1) is 20.3 Å². The van der Waals surface area contributed by atoms with Crippen LogP contribution < -0.4 is 4.74 Å². The Hall–Kier alpha value is -1.02. The fraction of sp³-hybridized carbons (Fsp3) is 0.500. The van der Waals surface area contributed by atoms with Crippen LogP contribution in [-0.2, 0) is 16.8 Å². The minimum absolute atomic E-state index is 0.0993. The van der Waals surface area contributed by atoms with Crippen molar-refractivity contribution >= 4 is 0 Å². The van der Waals surface area contributed by atoms with E-state index >= 15 is 0 Å². The molecular formula is C12H16O2. The first-order valence-electron chi connectivity index (χ1n) is 4.88. The van der Waals surface area contributed by atoms with Crippen molar-refractivity contribution in [1.82, 2.24) is 0 Å². The number of fused-ring (bicyclic) bond motifs is 1. The van der Waals surface area contributed by atoms with Gasteiger partial charge in [0.1, 0.15) is 5.75 Å².